The SMILES string of the molecule is N#Cc1ccc(OCC(=O)N/N=C\[C@H]2CC=CCC2)cc1. The van der Waals surface area contributed by atoms with Crippen molar-refractivity contribution in [1.29, 1.82) is 5.26 Å². The van der Waals surface area contributed by atoms with Gasteiger partial charge in [-0.3, -0.25) is 4.79 Å². The monoisotopic (exact) mass is 283 g/mol. The van der Waals surface area contributed by atoms with E-state index in [0.29, 0.717) is 17.2 Å². The Morgan fingerprint density at radius 3 is 2.90 bits per heavy atom. The molecule has 5 nitrogen and oxygen atoms in total. The Labute approximate surface area is 123 Å². The number of ether oxygens (including phenoxy) is 1. The van der Waals surface area contributed by atoms with Gasteiger partial charge < -0.3 is 4.74 Å². The summed E-state index contributed by atoms with van der Waals surface area (Å²) in [6.45, 7) is -0.103. The Morgan fingerprint density at radius 1 is 1.43 bits per heavy atom. The maximum absolute atomic E-state index is 11.6. The predicted molar refractivity (Wildman–Crippen MR) is 79.8 cm³/mol. The molecular weight excluding hydrogens is 266 g/mol. The molecule has 1 N–H and O–H groups in total. The van der Waals surface area contributed by atoms with Crippen LogP contribution >= 0.6 is 0 Å². The minimum absolute atomic E-state index is 0.103. The first-order valence-electron chi connectivity index (χ1n) is 6.88. The fourth-order valence-corrected chi connectivity index (χ4v) is 1.97. The number of carbonyl (C=O) groups is 1. The number of hydrazone groups is 1. The summed E-state index contributed by atoms with van der Waals surface area (Å²) in [5, 5.41) is 12.6. The van der Waals surface area contributed by atoms with E-state index in [1.807, 2.05) is 6.07 Å². The highest BCUT2D eigenvalue weighted by molar-refractivity contribution is 5.78. The van der Waals surface area contributed by atoms with Crippen molar-refractivity contribution in [2.24, 2.45) is 11.0 Å². The van der Waals surface area contributed by atoms with E-state index in [1.54, 1.807) is 30.5 Å². The number of nitriles is 1. The molecule has 21 heavy (non-hydrogen) atoms. The molecule has 1 aromatic rings. The maximum Gasteiger partial charge on any atom is 0.277 e. The molecule has 0 heterocycles. The van der Waals surface area contributed by atoms with E-state index in [0.717, 1.165) is 19.3 Å². The van der Waals surface area contributed by atoms with Crippen molar-refractivity contribution < 1.29 is 9.53 Å². The largest absolute Gasteiger partial charge is 0.484 e. The number of benzene rings is 1. The summed E-state index contributed by atoms with van der Waals surface area (Å²) in [5.74, 6) is 0.641. The van der Waals surface area contributed by atoms with Crippen molar-refractivity contribution in [3.63, 3.8) is 0 Å². The topological polar surface area (TPSA) is 74.5 Å². The minimum Gasteiger partial charge on any atom is -0.484 e. The Morgan fingerprint density at radius 2 is 2.24 bits per heavy atom. The van der Waals surface area contributed by atoms with Gasteiger partial charge in [0.05, 0.1) is 11.6 Å². The van der Waals surface area contributed by atoms with Gasteiger partial charge in [-0.1, -0.05) is 12.2 Å². The lowest BCUT2D eigenvalue weighted by Crippen LogP contribution is -2.25. The summed E-state index contributed by atoms with van der Waals surface area (Å²) in [6.07, 6.45) is 9.18. The zero-order valence-electron chi connectivity index (χ0n) is 11.7. The van der Waals surface area contributed by atoms with Crippen molar-refractivity contribution in [2.75, 3.05) is 6.61 Å². The molecule has 1 aliphatic carbocycles. The second kappa shape index (κ2) is 7.85. The molecule has 0 radical (unpaired) electrons. The first-order chi connectivity index (χ1) is 10.3. The van der Waals surface area contributed by atoms with E-state index in [9.17, 15) is 4.79 Å². The number of amides is 1. The molecule has 1 aromatic carbocycles. The van der Waals surface area contributed by atoms with E-state index >= 15 is 0 Å². The lowest BCUT2D eigenvalue weighted by atomic mass is 9.96. The van der Waals surface area contributed by atoms with Crippen molar-refractivity contribution in [1.82, 2.24) is 5.43 Å². The average molecular weight is 283 g/mol. The first kappa shape index (κ1) is 14.8. The molecular formula is C16H17N3O2. The number of hydrogen-bond donors (Lipinski definition) is 1. The van der Waals surface area contributed by atoms with Gasteiger partial charge in [0.1, 0.15) is 5.75 Å². The van der Waals surface area contributed by atoms with Crippen molar-refractivity contribution in [3.8, 4) is 11.8 Å². The van der Waals surface area contributed by atoms with Gasteiger partial charge in [-0.15, -0.1) is 0 Å². The Kier molecular flexibility index (Phi) is 5.53. The van der Waals surface area contributed by atoms with Crippen LogP contribution in [0.25, 0.3) is 0 Å². The van der Waals surface area contributed by atoms with E-state index in [-0.39, 0.29) is 12.5 Å². The molecule has 0 fully saturated rings. The van der Waals surface area contributed by atoms with E-state index < -0.39 is 0 Å². The van der Waals surface area contributed by atoms with Gasteiger partial charge in [-0.05, 0) is 49.4 Å². The number of allylic oxidation sites excluding steroid dienone is 2. The quantitative estimate of drug-likeness (QED) is 0.512. The second-order valence-electron chi connectivity index (χ2n) is 4.78. The van der Waals surface area contributed by atoms with Crippen LogP contribution in [0.1, 0.15) is 24.8 Å². The summed E-state index contributed by atoms with van der Waals surface area (Å²) in [6, 6.07) is 8.61. The molecule has 0 unspecified atom stereocenters. The summed E-state index contributed by atoms with van der Waals surface area (Å²) in [5.41, 5.74) is 3.01. The van der Waals surface area contributed by atoms with Gasteiger partial charge in [0.15, 0.2) is 6.61 Å². The molecule has 0 aromatic heterocycles. The van der Waals surface area contributed by atoms with Crippen LogP contribution in [0.4, 0.5) is 0 Å². The molecule has 1 atom stereocenters. The van der Waals surface area contributed by atoms with Gasteiger partial charge in [0, 0.05) is 6.21 Å². The van der Waals surface area contributed by atoms with Gasteiger partial charge >= 0.3 is 0 Å². The second-order valence-corrected chi connectivity index (χ2v) is 4.78. The van der Waals surface area contributed by atoms with E-state index in [1.165, 1.54) is 0 Å². The summed E-state index contributed by atoms with van der Waals surface area (Å²) in [4.78, 5) is 11.6. The Hall–Kier alpha value is -2.61. The lowest BCUT2D eigenvalue weighted by molar-refractivity contribution is -0.123. The highest BCUT2D eigenvalue weighted by Gasteiger charge is 2.07. The minimum atomic E-state index is -0.304. The molecule has 1 aliphatic rings. The summed E-state index contributed by atoms with van der Waals surface area (Å²) < 4.78 is 5.30. The van der Waals surface area contributed by atoms with Gasteiger partial charge in [-0.25, -0.2) is 5.43 Å². The summed E-state index contributed by atoms with van der Waals surface area (Å²) in [7, 11) is 0. The van der Waals surface area contributed by atoms with Crippen molar-refractivity contribution >= 4 is 12.1 Å². The highest BCUT2D eigenvalue weighted by Crippen LogP contribution is 2.15. The fraction of sp³-hybridized carbons (Fsp3) is 0.312. The van der Waals surface area contributed by atoms with Crippen molar-refractivity contribution in [2.45, 2.75) is 19.3 Å². The normalized spacial score (nSPS) is 17.4. The van der Waals surface area contributed by atoms with Gasteiger partial charge in [0.2, 0.25) is 0 Å². The van der Waals surface area contributed by atoms with Crippen LogP contribution in [0.15, 0.2) is 41.5 Å². The van der Waals surface area contributed by atoms with E-state index in [2.05, 4.69) is 22.7 Å². The predicted octanol–water partition coefficient (Wildman–Crippen LogP) is 2.40. The molecule has 0 spiro atoms. The third kappa shape index (κ3) is 5.11. The number of rotatable bonds is 5. The van der Waals surface area contributed by atoms with Crippen LogP contribution in [0.5, 0.6) is 5.75 Å². The molecule has 0 saturated carbocycles. The standard InChI is InChI=1S/C16H17N3O2/c17-10-13-6-8-15(9-7-13)21-12-16(20)19-18-11-14-4-2-1-3-5-14/h1-2,6-9,11,14H,3-5,12H2,(H,19,20)/b18-11-/t14-/m0/s1. The third-order valence-electron chi connectivity index (χ3n) is 3.14. The maximum atomic E-state index is 11.6. The number of nitrogens with zero attached hydrogens (tertiary/aromatic N) is 2. The molecule has 0 aliphatic heterocycles. The Balaban J connectivity index is 1.70. The zero-order chi connectivity index (χ0) is 14.9. The van der Waals surface area contributed by atoms with Crippen LogP contribution < -0.4 is 10.2 Å². The molecule has 0 bridgehead atoms. The highest BCUT2D eigenvalue weighted by atomic mass is 16.5. The fourth-order valence-electron chi connectivity index (χ4n) is 1.97. The zero-order valence-corrected chi connectivity index (χ0v) is 11.7. The van der Waals surface area contributed by atoms with Crippen LogP contribution in [0, 0.1) is 17.2 Å². The molecule has 2 rings (SSSR count). The first-order valence-corrected chi connectivity index (χ1v) is 6.88. The van der Waals surface area contributed by atoms with E-state index in [4.69, 9.17) is 10.00 Å². The number of nitrogens with one attached hydrogen (secondary N) is 1. The third-order valence-corrected chi connectivity index (χ3v) is 3.14. The van der Waals surface area contributed by atoms with Crippen LogP contribution in [0.2, 0.25) is 0 Å². The molecule has 108 valence electrons. The molecule has 1 amide bonds. The van der Waals surface area contributed by atoms with Crippen LogP contribution in [0.3, 0.4) is 0 Å². The Bertz CT molecular complexity index is 570. The molecule has 5 heteroatoms. The summed E-state index contributed by atoms with van der Waals surface area (Å²) >= 11 is 0. The van der Waals surface area contributed by atoms with Crippen LogP contribution in [-0.4, -0.2) is 18.7 Å². The van der Waals surface area contributed by atoms with Crippen molar-refractivity contribution in [3.05, 3.63) is 42.0 Å². The lowest BCUT2D eigenvalue weighted by Gasteiger charge is -2.11. The van der Waals surface area contributed by atoms with Crippen LogP contribution in [-0.2, 0) is 4.79 Å². The smallest absolute Gasteiger partial charge is 0.277 e. The molecule has 0 saturated heterocycles. The average Bonchev–Trinajstić information content (AvgIpc) is 2.54. The number of carbonyl (C=O) groups excluding carboxylic acids is 1. The van der Waals surface area contributed by atoms with Gasteiger partial charge in [0.25, 0.3) is 5.91 Å². The van der Waals surface area contributed by atoms with Gasteiger partial charge in [-0.2, -0.15) is 10.4 Å². The number of hydrogen-bond acceptors (Lipinski definition) is 4.